The first-order valence-electron chi connectivity index (χ1n) is 5.58. The minimum Gasteiger partial charge on any atom is -0.508 e. The Balaban J connectivity index is 2.12. The van der Waals surface area contributed by atoms with Crippen LogP contribution in [0, 0.1) is 5.41 Å². The molecule has 0 aliphatic carbocycles. The smallest absolute Gasteiger partial charge is 0.145 e. The van der Waals surface area contributed by atoms with Gasteiger partial charge in [0.05, 0.1) is 17.6 Å². The van der Waals surface area contributed by atoms with Gasteiger partial charge in [0.1, 0.15) is 17.2 Å². The predicted molar refractivity (Wildman–Crippen MR) is 73.4 cm³/mol. The Labute approximate surface area is 110 Å². The van der Waals surface area contributed by atoms with E-state index in [1.807, 2.05) is 0 Å². The molecule has 2 aromatic rings. The average Bonchev–Trinajstić information content (AvgIpc) is 2.42. The van der Waals surface area contributed by atoms with Crippen LogP contribution in [0.25, 0.3) is 5.70 Å². The fourth-order valence-corrected chi connectivity index (χ4v) is 1.44. The lowest BCUT2D eigenvalue weighted by molar-refractivity contribution is 0.463. The molecule has 2 rings (SSSR count). The van der Waals surface area contributed by atoms with Gasteiger partial charge in [-0.05, 0) is 42.5 Å². The molecule has 0 radical (unpaired) electrons. The van der Waals surface area contributed by atoms with Crippen LogP contribution in [0.1, 0.15) is 5.69 Å². The number of aromatic hydroxyl groups is 1. The maximum absolute atomic E-state index is 9.16. The summed E-state index contributed by atoms with van der Waals surface area (Å²) >= 11 is 0. The van der Waals surface area contributed by atoms with Crippen molar-refractivity contribution in [3.8, 4) is 17.2 Å². The van der Waals surface area contributed by atoms with E-state index in [-0.39, 0.29) is 5.75 Å². The van der Waals surface area contributed by atoms with Gasteiger partial charge in [-0.1, -0.05) is 0 Å². The number of nitrogens with two attached hydrogens (primary N) is 1. The van der Waals surface area contributed by atoms with E-state index in [4.69, 9.17) is 21.0 Å². The minimum absolute atomic E-state index is 0.186. The van der Waals surface area contributed by atoms with E-state index in [0.717, 1.165) is 6.21 Å². The van der Waals surface area contributed by atoms with Gasteiger partial charge < -0.3 is 21.0 Å². The first-order chi connectivity index (χ1) is 9.19. The van der Waals surface area contributed by atoms with Crippen LogP contribution in [-0.4, -0.2) is 16.3 Å². The van der Waals surface area contributed by atoms with Crippen LogP contribution in [0.2, 0.25) is 0 Å². The summed E-state index contributed by atoms with van der Waals surface area (Å²) in [5, 5.41) is 16.1. The van der Waals surface area contributed by atoms with Crippen molar-refractivity contribution >= 4 is 11.9 Å². The summed E-state index contributed by atoms with van der Waals surface area (Å²) in [6.45, 7) is 0. The van der Waals surface area contributed by atoms with Crippen LogP contribution in [0.5, 0.6) is 17.2 Å². The van der Waals surface area contributed by atoms with Gasteiger partial charge in [0, 0.05) is 6.21 Å². The standard InChI is InChI=1S/C14H13N3O2/c15-8-7-13(16)14-6-5-12(9-17-14)19-11-3-1-10(18)2-4-11/h1-9,15,18H,16H2/b13-7-,15-8?. The molecule has 1 aromatic carbocycles. The topological polar surface area (TPSA) is 92.2 Å². The Morgan fingerprint density at radius 2 is 1.84 bits per heavy atom. The third-order valence-corrected chi connectivity index (χ3v) is 2.37. The van der Waals surface area contributed by atoms with Crippen molar-refractivity contribution in [2.45, 2.75) is 0 Å². The molecule has 5 nitrogen and oxygen atoms in total. The van der Waals surface area contributed by atoms with Gasteiger partial charge in [-0.2, -0.15) is 0 Å². The van der Waals surface area contributed by atoms with Crippen molar-refractivity contribution in [1.29, 1.82) is 5.41 Å². The zero-order valence-corrected chi connectivity index (χ0v) is 10.1. The molecule has 0 atom stereocenters. The van der Waals surface area contributed by atoms with Crippen molar-refractivity contribution in [3.63, 3.8) is 0 Å². The highest BCUT2D eigenvalue weighted by Crippen LogP contribution is 2.23. The number of phenolic OH excluding ortho intramolecular Hbond substituents is 1. The molecule has 0 unspecified atom stereocenters. The lowest BCUT2D eigenvalue weighted by atomic mass is 10.2. The van der Waals surface area contributed by atoms with Crippen molar-refractivity contribution in [2.24, 2.45) is 5.73 Å². The molecular formula is C14H13N3O2. The number of benzene rings is 1. The quantitative estimate of drug-likeness (QED) is 0.732. The second-order valence-corrected chi connectivity index (χ2v) is 3.76. The normalized spacial score (nSPS) is 11.1. The van der Waals surface area contributed by atoms with E-state index in [9.17, 15) is 0 Å². The molecular weight excluding hydrogens is 242 g/mol. The lowest BCUT2D eigenvalue weighted by Crippen LogP contribution is -1.99. The molecule has 0 bridgehead atoms. The summed E-state index contributed by atoms with van der Waals surface area (Å²) in [4.78, 5) is 4.14. The molecule has 4 N–H and O–H groups in total. The zero-order valence-electron chi connectivity index (χ0n) is 10.1. The molecule has 0 saturated heterocycles. The number of nitrogens with one attached hydrogen (secondary N) is 1. The van der Waals surface area contributed by atoms with Crippen LogP contribution in [0.15, 0.2) is 48.7 Å². The maximum Gasteiger partial charge on any atom is 0.145 e. The van der Waals surface area contributed by atoms with Gasteiger partial charge in [0.25, 0.3) is 0 Å². The Hall–Kier alpha value is -2.82. The highest BCUT2D eigenvalue weighted by Gasteiger charge is 2.01. The molecule has 96 valence electrons. The Morgan fingerprint density at radius 1 is 1.16 bits per heavy atom. The summed E-state index contributed by atoms with van der Waals surface area (Å²) in [7, 11) is 0. The number of pyridine rings is 1. The summed E-state index contributed by atoms with van der Waals surface area (Å²) in [6, 6.07) is 9.86. The predicted octanol–water partition coefficient (Wildman–Crippen LogP) is 2.53. The largest absolute Gasteiger partial charge is 0.508 e. The number of phenols is 1. The molecule has 0 fully saturated rings. The first-order valence-corrected chi connectivity index (χ1v) is 5.58. The molecule has 0 saturated carbocycles. The highest BCUT2D eigenvalue weighted by molar-refractivity contribution is 5.80. The number of nitrogens with zero attached hydrogens (tertiary/aromatic N) is 1. The maximum atomic E-state index is 9.16. The number of hydrogen-bond donors (Lipinski definition) is 3. The average molecular weight is 255 g/mol. The van der Waals surface area contributed by atoms with Gasteiger partial charge in [-0.25, -0.2) is 0 Å². The Morgan fingerprint density at radius 3 is 2.42 bits per heavy atom. The third-order valence-electron chi connectivity index (χ3n) is 2.37. The second-order valence-electron chi connectivity index (χ2n) is 3.76. The van der Waals surface area contributed by atoms with E-state index in [0.29, 0.717) is 22.9 Å². The van der Waals surface area contributed by atoms with Gasteiger partial charge in [-0.15, -0.1) is 0 Å². The van der Waals surface area contributed by atoms with Crippen LogP contribution < -0.4 is 10.5 Å². The van der Waals surface area contributed by atoms with Crippen LogP contribution in [-0.2, 0) is 0 Å². The van der Waals surface area contributed by atoms with Crippen LogP contribution >= 0.6 is 0 Å². The van der Waals surface area contributed by atoms with E-state index in [1.165, 1.54) is 6.08 Å². The van der Waals surface area contributed by atoms with Gasteiger partial charge in [0.15, 0.2) is 0 Å². The van der Waals surface area contributed by atoms with E-state index >= 15 is 0 Å². The third kappa shape index (κ3) is 3.32. The fourth-order valence-electron chi connectivity index (χ4n) is 1.44. The fraction of sp³-hybridized carbons (Fsp3) is 0. The molecule has 0 aliphatic rings. The molecule has 0 aliphatic heterocycles. The van der Waals surface area contributed by atoms with Crippen molar-refractivity contribution in [3.05, 3.63) is 54.4 Å². The zero-order chi connectivity index (χ0) is 13.7. The summed E-state index contributed by atoms with van der Waals surface area (Å²) in [5.74, 6) is 1.36. The van der Waals surface area contributed by atoms with Crippen molar-refractivity contribution in [1.82, 2.24) is 4.98 Å². The summed E-state index contributed by atoms with van der Waals surface area (Å²) < 4.78 is 5.55. The lowest BCUT2D eigenvalue weighted by Gasteiger charge is -2.06. The SMILES string of the molecule is N=C/C=C(\N)c1ccc(Oc2ccc(O)cc2)cn1. The van der Waals surface area contributed by atoms with Crippen LogP contribution in [0.3, 0.4) is 0 Å². The van der Waals surface area contributed by atoms with Gasteiger partial charge >= 0.3 is 0 Å². The number of ether oxygens (including phenoxy) is 1. The summed E-state index contributed by atoms with van der Waals surface area (Å²) in [5.41, 5.74) is 6.71. The summed E-state index contributed by atoms with van der Waals surface area (Å²) in [6.07, 6.45) is 4.12. The van der Waals surface area contributed by atoms with E-state index in [2.05, 4.69) is 4.98 Å². The van der Waals surface area contributed by atoms with Gasteiger partial charge in [0.2, 0.25) is 0 Å². The Kier molecular flexibility index (Phi) is 3.78. The number of aromatic nitrogens is 1. The van der Waals surface area contributed by atoms with Gasteiger partial charge in [-0.3, -0.25) is 4.98 Å². The van der Waals surface area contributed by atoms with Crippen LogP contribution in [0.4, 0.5) is 0 Å². The number of hydrogen-bond acceptors (Lipinski definition) is 5. The molecule has 1 heterocycles. The monoisotopic (exact) mass is 255 g/mol. The number of rotatable bonds is 4. The highest BCUT2D eigenvalue weighted by atomic mass is 16.5. The number of allylic oxidation sites excluding steroid dienone is 1. The van der Waals surface area contributed by atoms with Crippen molar-refractivity contribution in [2.75, 3.05) is 0 Å². The first kappa shape index (κ1) is 12.6. The van der Waals surface area contributed by atoms with Crippen molar-refractivity contribution < 1.29 is 9.84 Å². The van der Waals surface area contributed by atoms with E-state index < -0.39 is 0 Å². The Bertz CT molecular complexity index is 589. The molecule has 0 spiro atoms. The van der Waals surface area contributed by atoms with E-state index in [1.54, 1.807) is 42.6 Å². The molecule has 19 heavy (non-hydrogen) atoms. The molecule has 1 aromatic heterocycles. The second kappa shape index (κ2) is 5.68. The molecule has 5 heteroatoms. The minimum atomic E-state index is 0.186. The molecule has 0 amide bonds.